The Morgan fingerprint density at radius 2 is 2.16 bits per heavy atom. The van der Waals surface area contributed by atoms with Crippen molar-refractivity contribution < 1.29 is 4.79 Å². The van der Waals surface area contributed by atoms with E-state index in [0.717, 1.165) is 29.5 Å². The number of Topliss-reactive ketones (excluding diaryl/α,β-unsaturated/α-hetero) is 1. The van der Waals surface area contributed by atoms with Crippen LogP contribution in [0.1, 0.15) is 30.4 Å². The highest BCUT2D eigenvalue weighted by molar-refractivity contribution is 7.18. The fourth-order valence-corrected chi connectivity index (χ4v) is 3.75. The van der Waals surface area contributed by atoms with Crippen LogP contribution in [-0.2, 0) is 0 Å². The zero-order valence-electron chi connectivity index (χ0n) is 12.1. The summed E-state index contributed by atoms with van der Waals surface area (Å²) in [6.07, 6.45) is 0. The quantitative estimate of drug-likeness (QED) is 0.864. The molecule has 1 saturated heterocycles. The first kappa shape index (κ1) is 14.3. The number of carbonyl (C=O) groups excluding carboxylic acids is 1. The molecular weight excluding hydrogens is 258 g/mol. The monoisotopic (exact) mass is 281 g/mol. The zero-order chi connectivity index (χ0) is 14.2. The van der Waals surface area contributed by atoms with Crippen LogP contribution in [0.5, 0.6) is 0 Å². The molecule has 0 saturated carbocycles. The summed E-state index contributed by atoms with van der Waals surface area (Å²) in [4.78, 5) is 17.5. The minimum atomic E-state index is -0.00119. The summed E-state index contributed by atoms with van der Waals surface area (Å²) in [5, 5.41) is 1.13. The Bertz CT molecular complexity index is 469. The van der Waals surface area contributed by atoms with Crippen LogP contribution < -0.4 is 10.6 Å². The van der Waals surface area contributed by atoms with Gasteiger partial charge in [-0.1, -0.05) is 13.8 Å². The lowest BCUT2D eigenvalue weighted by Crippen LogP contribution is -2.50. The van der Waals surface area contributed by atoms with E-state index in [2.05, 4.69) is 23.8 Å². The molecule has 0 spiro atoms. The number of piperazine rings is 1. The van der Waals surface area contributed by atoms with Gasteiger partial charge in [-0.05, 0) is 20.0 Å². The molecule has 106 valence electrons. The molecule has 4 nitrogen and oxygen atoms in total. The summed E-state index contributed by atoms with van der Waals surface area (Å²) in [6, 6.07) is 2.42. The van der Waals surface area contributed by atoms with Crippen LogP contribution in [0, 0.1) is 5.92 Å². The van der Waals surface area contributed by atoms with Crippen molar-refractivity contribution in [2.24, 2.45) is 5.92 Å². The van der Waals surface area contributed by atoms with Gasteiger partial charge in [-0.3, -0.25) is 4.79 Å². The summed E-state index contributed by atoms with van der Waals surface area (Å²) >= 11 is 1.54. The van der Waals surface area contributed by atoms with Crippen LogP contribution in [-0.4, -0.2) is 43.4 Å². The number of nitrogen functional groups attached to an aromatic ring is 1. The third-order valence-corrected chi connectivity index (χ3v) is 4.81. The first-order valence-corrected chi connectivity index (χ1v) is 7.60. The maximum absolute atomic E-state index is 12.1. The Morgan fingerprint density at radius 3 is 2.74 bits per heavy atom. The number of hydrogen-bond donors (Lipinski definition) is 1. The molecule has 1 atom stereocenters. The van der Waals surface area contributed by atoms with Crippen LogP contribution in [0.3, 0.4) is 0 Å². The number of anilines is 2. The zero-order valence-corrected chi connectivity index (χ0v) is 13.0. The van der Waals surface area contributed by atoms with Gasteiger partial charge in [0, 0.05) is 31.6 Å². The SMILES string of the molecule is CC(C)C(=O)c1sc(N2CCN(C)CC2C)cc1N. The lowest BCUT2D eigenvalue weighted by Gasteiger charge is -2.38. The Hall–Kier alpha value is -1.07. The van der Waals surface area contributed by atoms with Gasteiger partial charge in [-0.25, -0.2) is 0 Å². The second-order valence-electron chi connectivity index (χ2n) is 5.69. The number of nitrogens with zero attached hydrogens (tertiary/aromatic N) is 2. The number of hydrogen-bond acceptors (Lipinski definition) is 5. The van der Waals surface area contributed by atoms with E-state index >= 15 is 0 Å². The van der Waals surface area contributed by atoms with Crippen LogP contribution in [0.2, 0.25) is 0 Å². The molecule has 2 heterocycles. The molecule has 1 aromatic rings. The van der Waals surface area contributed by atoms with Crippen LogP contribution in [0.25, 0.3) is 0 Å². The van der Waals surface area contributed by atoms with E-state index in [9.17, 15) is 4.79 Å². The van der Waals surface area contributed by atoms with Crippen molar-refractivity contribution in [3.05, 3.63) is 10.9 Å². The first-order valence-electron chi connectivity index (χ1n) is 6.79. The average Bonchev–Trinajstić information content (AvgIpc) is 2.69. The van der Waals surface area contributed by atoms with Gasteiger partial charge in [0.15, 0.2) is 5.78 Å². The number of nitrogens with two attached hydrogens (primary N) is 1. The van der Waals surface area contributed by atoms with Crippen LogP contribution >= 0.6 is 11.3 Å². The second kappa shape index (κ2) is 5.51. The number of ketones is 1. The molecule has 2 N–H and O–H groups in total. The fraction of sp³-hybridized carbons (Fsp3) is 0.643. The molecule has 1 aliphatic heterocycles. The third kappa shape index (κ3) is 2.92. The predicted molar refractivity (Wildman–Crippen MR) is 82.2 cm³/mol. The Morgan fingerprint density at radius 1 is 1.47 bits per heavy atom. The smallest absolute Gasteiger partial charge is 0.177 e. The van der Waals surface area contributed by atoms with E-state index in [1.807, 2.05) is 19.9 Å². The third-order valence-electron chi connectivity index (χ3n) is 3.61. The van der Waals surface area contributed by atoms with Crippen LogP contribution in [0.4, 0.5) is 10.7 Å². The van der Waals surface area contributed by atoms with Gasteiger partial charge in [-0.15, -0.1) is 11.3 Å². The molecule has 1 fully saturated rings. The molecule has 1 aliphatic rings. The van der Waals surface area contributed by atoms with Crippen molar-refractivity contribution >= 4 is 27.8 Å². The number of thiophene rings is 1. The molecule has 0 aromatic carbocycles. The molecule has 0 bridgehead atoms. The van der Waals surface area contributed by atoms with Crippen molar-refractivity contribution in [2.45, 2.75) is 26.8 Å². The average molecular weight is 281 g/mol. The molecule has 0 aliphatic carbocycles. The van der Waals surface area contributed by atoms with Crippen molar-refractivity contribution in [1.82, 2.24) is 4.90 Å². The minimum Gasteiger partial charge on any atom is -0.397 e. The number of rotatable bonds is 3. The maximum Gasteiger partial charge on any atom is 0.177 e. The molecule has 0 radical (unpaired) electrons. The van der Waals surface area contributed by atoms with E-state index in [4.69, 9.17) is 5.73 Å². The largest absolute Gasteiger partial charge is 0.397 e. The number of likely N-dealkylation sites (N-methyl/N-ethyl adjacent to an activating group) is 1. The normalized spacial score (nSPS) is 21.1. The molecule has 1 aromatic heterocycles. The topological polar surface area (TPSA) is 49.6 Å². The van der Waals surface area contributed by atoms with Gasteiger partial charge in [0.2, 0.25) is 0 Å². The Kier molecular flexibility index (Phi) is 4.16. The van der Waals surface area contributed by atoms with Crippen LogP contribution in [0.15, 0.2) is 6.07 Å². The summed E-state index contributed by atoms with van der Waals surface area (Å²) in [7, 11) is 2.14. The summed E-state index contributed by atoms with van der Waals surface area (Å²) in [5.74, 6) is 0.147. The molecule has 5 heteroatoms. The number of carbonyl (C=O) groups is 1. The van der Waals surface area contributed by atoms with Gasteiger partial charge in [-0.2, -0.15) is 0 Å². The molecule has 1 unspecified atom stereocenters. The van der Waals surface area contributed by atoms with Crippen molar-refractivity contribution in [1.29, 1.82) is 0 Å². The maximum atomic E-state index is 12.1. The Balaban J connectivity index is 2.22. The molecule has 19 heavy (non-hydrogen) atoms. The summed E-state index contributed by atoms with van der Waals surface area (Å²) < 4.78 is 0. The minimum absolute atomic E-state index is 0.00119. The predicted octanol–water partition coefficient (Wildman–Crippen LogP) is 2.31. The second-order valence-corrected chi connectivity index (χ2v) is 6.72. The van der Waals surface area contributed by atoms with E-state index in [1.54, 1.807) is 11.3 Å². The lowest BCUT2D eigenvalue weighted by molar-refractivity contribution is 0.0944. The molecular formula is C14H23N3OS. The van der Waals surface area contributed by atoms with E-state index in [1.165, 1.54) is 0 Å². The van der Waals surface area contributed by atoms with Gasteiger partial charge in [0.05, 0.1) is 15.6 Å². The lowest BCUT2D eigenvalue weighted by atomic mass is 10.1. The standard InChI is InChI=1S/C14H23N3OS/c1-9(2)13(18)14-11(15)7-12(19-14)17-6-5-16(4)8-10(17)3/h7,9-10H,5-6,8,15H2,1-4H3. The van der Waals surface area contributed by atoms with Gasteiger partial charge in [0.25, 0.3) is 0 Å². The first-order chi connectivity index (χ1) is 8.90. The van der Waals surface area contributed by atoms with Crippen molar-refractivity contribution in [3.8, 4) is 0 Å². The van der Waals surface area contributed by atoms with Crippen molar-refractivity contribution in [2.75, 3.05) is 37.3 Å². The highest BCUT2D eigenvalue weighted by Gasteiger charge is 2.25. The van der Waals surface area contributed by atoms with Gasteiger partial charge < -0.3 is 15.5 Å². The molecule has 0 amide bonds. The van der Waals surface area contributed by atoms with E-state index < -0.39 is 0 Å². The van der Waals surface area contributed by atoms with E-state index in [-0.39, 0.29) is 11.7 Å². The van der Waals surface area contributed by atoms with Gasteiger partial charge in [0.1, 0.15) is 0 Å². The molecule has 2 rings (SSSR count). The van der Waals surface area contributed by atoms with E-state index in [0.29, 0.717) is 11.7 Å². The highest BCUT2D eigenvalue weighted by Crippen LogP contribution is 2.35. The van der Waals surface area contributed by atoms with Gasteiger partial charge >= 0.3 is 0 Å². The fourth-order valence-electron chi connectivity index (χ4n) is 2.45. The summed E-state index contributed by atoms with van der Waals surface area (Å²) in [5.41, 5.74) is 6.64. The summed E-state index contributed by atoms with van der Waals surface area (Å²) in [6.45, 7) is 9.14. The van der Waals surface area contributed by atoms with Crippen molar-refractivity contribution in [3.63, 3.8) is 0 Å². The Labute approximate surface area is 119 Å². The highest BCUT2D eigenvalue weighted by atomic mass is 32.1.